The highest BCUT2D eigenvalue weighted by Gasteiger charge is 2.10. The summed E-state index contributed by atoms with van der Waals surface area (Å²) in [6, 6.07) is 6.40. The summed E-state index contributed by atoms with van der Waals surface area (Å²) in [5.41, 5.74) is 10.6. The third-order valence-electron chi connectivity index (χ3n) is 2.96. The zero-order chi connectivity index (χ0) is 12.4. The van der Waals surface area contributed by atoms with E-state index in [2.05, 4.69) is 37.4 Å². The van der Waals surface area contributed by atoms with Crippen molar-refractivity contribution in [2.24, 2.45) is 5.73 Å². The minimum atomic E-state index is 0.595. The van der Waals surface area contributed by atoms with E-state index < -0.39 is 0 Å². The van der Waals surface area contributed by atoms with Crippen LogP contribution < -0.4 is 10.5 Å². The molecule has 0 aliphatic carbocycles. The summed E-state index contributed by atoms with van der Waals surface area (Å²) in [5, 5.41) is 2.09. The van der Waals surface area contributed by atoms with Crippen LogP contribution >= 0.6 is 11.3 Å². The molecule has 1 heterocycles. The van der Waals surface area contributed by atoms with Crippen molar-refractivity contribution in [2.45, 2.75) is 20.4 Å². The average molecular weight is 247 g/mol. The first kappa shape index (κ1) is 12.1. The van der Waals surface area contributed by atoms with Crippen molar-refractivity contribution in [1.29, 1.82) is 0 Å². The van der Waals surface area contributed by atoms with Crippen LogP contribution in [0.25, 0.3) is 11.1 Å². The lowest BCUT2D eigenvalue weighted by molar-refractivity contribution is 0.411. The molecule has 2 rings (SSSR count). The lowest BCUT2D eigenvalue weighted by Crippen LogP contribution is -1.96. The van der Waals surface area contributed by atoms with Crippen LogP contribution in [-0.2, 0) is 6.54 Å². The minimum Gasteiger partial charge on any atom is -0.496 e. The fourth-order valence-corrected chi connectivity index (χ4v) is 2.81. The molecule has 0 fully saturated rings. The number of thiophene rings is 1. The molecule has 0 bridgehead atoms. The second-order valence-corrected chi connectivity index (χ2v) is 5.10. The number of methoxy groups -OCH3 is 1. The fraction of sp³-hybridized carbons (Fsp3) is 0.286. The van der Waals surface area contributed by atoms with Crippen molar-refractivity contribution < 1.29 is 4.74 Å². The van der Waals surface area contributed by atoms with Crippen LogP contribution in [0.4, 0.5) is 0 Å². The molecular formula is C14H17NOS. The van der Waals surface area contributed by atoms with Gasteiger partial charge in [-0.2, -0.15) is 0 Å². The summed E-state index contributed by atoms with van der Waals surface area (Å²) < 4.78 is 5.33. The van der Waals surface area contributed by atoms with Crippen LogP contribution in [0.1, 0.15) is 16.0 Å². The zero-order valence-corrected chi connectivity index (χ0v) is 11.2. The first-order valence-corrected chi connectivity index (χ1v) is 6.47. The Morgan fingerprint density at radius 1 is 1.18 bits per heavy atom. The molecule has 0 radical (unpaired) electrons. The van der Waals surface area contributed by atoms with E-state index in [9.17, 15) is 0 Å². The Bertz CT molecular complexity index is 531. The van der Waals surface area contributed by atoms with Gasteiger partial charge in [-0.3, -0.25) is 0 Å². The molecule has 2 nitrogen and oxygen atoms in total. The van der Waals surface area contributed by atoms with E-state index in [-0.39, 0.29) is 0 Å². The summed E-state index contributed by atoms with van der Waals surface area (Å²) in [6.45, 7) is 4.77. The molecule has 1 aromatic carbocycles. The van der Waals surface area contributed by atoms with E-state index in [0.717, 1.165) is 11.3 Å². The van der Waals surface area contributed by atoms with Gasteiger partial charge >= 0.3 is 0 Å². The van der Waals surface area contributed by atoms with Gasteiger partial charge in [0.15, 0.2) is 0 Å². The summed E-state index contributed by atoms with van der Waals surface area (Å²) in [4.78, 5) is 1.23. The Morgan fingerprint density at radius 2 is 1.94 bits per heavy atom. The molecule has 3 heteroatoms. The van der Waals surface area contributed by atoms with Crippen LogP contribution in [0.2, 0.25) is 0 Å². The van der Waals surface area contributed by atoms with Gasteiger partial charge in [-0.15, -0.1) is 11.3 Å². The van der Waals surface area contributed by atoms with E-state index >= 15 is 0 Å². The smallest absolute Gasteiger partial charge is 0.122 e. The molecule has 0 saturated carbocycles. The summed E-state index contributed by atoms with van der Waals surface area (Å²) in [7, 11) is 1.71. The highest BCUT2D eigenvalue weighted by Crippen LogP contribution is 2.34. The highest BCUT2D eigenvalue weighted by molar-refractivity contribution is 7.10. The Kier molecular flexibility index (Phi) is 3.50. The Hall–Kier alpha value is -1.32. The van der Waals surface area contributed by atoms with E-state index in [1.165, 1.54) is 21.6 Å². The predicted octanol–water partition coefficient (Wildman–Crippen LogP) is 3.50. The maximum atomic E-state index is 5.76. The Morgan fingerprint density at radius 3 is 2.59 bits per heavy atom. The Balaban J connectivity index is 2.56. The van der Waals surface area contributed by atoms with Crippen molar-refractivity contribution in [3.63, 3.8) is 0 Å². The standard InChI is InChI=1S/C14H17NOS/c1-9-7-13(16-3)10(2)6-12(9)11-4-5-17-14(11)8-15/h4-7H,8,15H2,1-3H3. The molecule has 0 aliphatic heterocycles. The van der Waals surface area contributed by atoms with Crippen molar-refractivity contribution in [1.82, 2.24) is 0 Å². The number of ether oxygens (including phenoxy) is 1. The third-order valence-corrected chi connectivity index (χ3v) is 3.91. The Labute approximate surface area is 106 Å². The molecular weight excluding hydrogens is 230 g/mol. The molecule has 0 amide bonds. The molecule has 2 aromatic rings. The molecule has 0 saturated heterocycles. The lowest BCUT2D eigenvalue weighted by Gasteiger charge is -2.11. The molecule has 0 aliphatic rings. The number of hydrogen-bond acceptors (Lipinski definition) is 3. The van der Waals surface area contributed by atoms with Gasteiger partial charge in [-0.05, 0) is 59.7 Å². The van der Waals surface area contributed by atoms with Gasteiger partial charge in [0.25, 0.3) is 0 Å². The second-order valence-electron chi connectivity index (χ2n) is 4.10. The first-order chi connectivity index (χ1) is 8.17. The highest BCUT2D eigenvalue weighted by atomic mass is 32.1. The van der Waals surface area contributed by atoms with Gasteiger partial charge in [-0.25, -0.2) is 0 Å². The van der Waals surface area contributed by atoms with Crippen LogP contribution in [-0.4, -0.2) is 7.11 Å². The van der Waals surface area contributed by atoms with Gasteiger partial charge in [0.1, 0.15) is 5.75 Å². The minimum absolute atomic E-state index is 0.595. The van der Waals surface area contributed by atoms with Crippen LogP contribution in [0.3, 0.4) is 0 Å². The van der Waals surface area contributed by atoms with Gasteiger partial charge in [0.2, 0.25) is 0 Å². The summed E-state index contributed by atoms with van der Waals surface area (Å²) in [5.74, 6) is 0.941. The van der Waals surface area contributed by atoms with Gasteiger partial charge in [-0.1, -0.05) is 0 Å². The number of rotatable bonds is 3. The maximum Gasteiger partial charge on any atom is 0.122 e. The number of aryl methyl sites for hydroxylation is 2. The summed E-state index contributed by atoms with van der Waals surface area (Å²) >= 11 is 1.71. The number of hydrogen-bond donors (Lipinski definition) is 1. The average Bonchev–Trinajstić information content (AvgIpc) is 2.79. The molecule has 1 aromatic heterocycles. The summed E-state index contributed by atoms with van der Waals surface area (Å²) in [6.07, 6.45) is 0. The second kappa shape index (κ2) is 4.90. The molecule has 0 atom stereocenters. The van der Waals surface area contributed by atoms with Gasteiger partial charge < -0.3 is 10.5 Å². The van der Waals surface area contributed by atoms with Crippen LogP contribution in [0.15, 0.2) is 23.6 Å². The van der Waals surface area contributed by atoms with E-state index in [4.69, 9.17) is 10.5 Å². The maximum absolute atomic E-state index is 5.76. The lowest BCUT2D eigenvalue weighted by atomic mass is 9.98. The van der Waals surface area contributed by atoms with E-state index in [1.807, 2.05) is 0 Å². The van der Waals surface area contributed by atoms with Crippen molar-refractivity contribution >= 4 is 11.3 Å². The van der Waals surface area contributed by atoms with E-state index in [1.54, 1.807) is 18.4 Å². The van der Waals surface area contributed by atoms with E-state index in [0.29, 0.717) is 6.54 Å². The topological polar surface area (TPSA) is 35.2 Å². The fourth-order valence-electron chi connectivity index (χ4n) is 2.04. The monoisotopic (exact) mass is 247 g/mol. The SMILES string of the molecule is COc1cc(C)c(-c2ccsc2CN)cc1C. The zero-order valence-electron chi connectivity index (χ0n) is 10.4. The van der Waals surface area contributed by atoms with Crippen LogP contribution in [0.5, 0.6) is 5.75 Å². The number of nitrogens with two attached hydrogens (primary N) is 1. The van der Waals surface area contributed by atoms with Gasteiger partial charge in [0, 0.05) is 11.4 Å². The van der Waals surface area contributed by atoms with Crippen molar-refractivity contribution in [3.8, 4) is 16.9 Å². The molecule has 2 N–H and O–H groups in total. The molecule has 90 valence electrons. The molecule has 0 spiro atoms. The molecule has 17 heavy (non-hydrogen) atoms. The largest absolute Gasteiger partial charge is 0.496 e. The molecule has 0 unspecified atom stereocenters. The van der Waals surface area contributed by atoms with Crippen molar-refractivity contribution in [2.75, 3.05) is 7.11 Å². The normalized spacial score (nSPS) is 10.6. The van der Waals surface area contributed by atoms with Gasteiger partial charge in [0.05, 0.1) is 7.11 Å². The quantitative estimate of drug-likeness (QED) is 0.901. The third kappa shape index (κ3) is 2.21. The van der Waals surface area contributed by atoms with Crippen LogP contribution in [0, 0.1) is 13.8 Å². The van der Waals surface area contributed by atoms with Crippen molar-refractivity contribution in [3.05, 3.63) is 39.6 Å². The number of benzene rings is 1. The first-order valence-electron chi connectivity index (χ1n) is 5.59. The predicted molar refractivity (Wildman–Crippen MR) is 73.7 cm³/mol.